The van der Waals surface area contributed by atoms with Crippen LogP contribution in [0.5, 0.6) is 0 Å². The molecule has 0 spiro atoms. The molecule has 0 radical (unpaired) electrons. The molecule has 0 aromatic heterocycles. The molecule has 3 heteroatoms. The van der Waals surface area contributed by atoms with Crippen molar-refractivity contribution in [3.8, 4) is 6.07 Å². The van der Waals surface area contributed by atoms with Crippen LogP contribution in [0, 0.1) is 26.2 Å². The maximum Gasteiger partial charge on any atom is 0.105 e. The zero-order valence-corrected chi connectivity index (χ0v) is 13.6. The third-order valence-electron chi connectivity index (χ3n) is 4.75. The van der Waals surface area contributed by atoms with E-state index in [1.54, 1.807) is 6.92 Å². The summed E-state index contributed by atoms with van der Waals surface area (Å²) in [6.07, 6.45) is 3.73. The normalized spacial score (nSPS) is 29.7. The summed E-state index contributed by atoms with van der Waals surface area (Å²) in [5.74, 6) is 0.565. The lowest BCUT2D eigenvalue weighted by molar-refractivity contribution is -0.0442. The standard InChI is InChI=1S/C16H20INO/c1-3-12-8-9-16(10-12,11-18)15(2,19)13-4-6-14(17)7-5-13/h4-7,12,19H,3,8-10H2,1-2H3. The fourth-order valence-corrected chi connectivity index (χ4v) is 3.56. The second-order valence-electron chi connectivity index (χ2n) is 5.79. The minimum atomic E-state index is -1.07. The summed E-state index contributed by atoms with van der Waals surface area (Å²) in [6, 6.07) is 10.3. The van der Waals surface area contributed by atoms with Gasteiger partial charge in [0.15, 0.2) is 0 Å². The van der Waals surface area contributed by atoms with Crippen molar-refractivity contribution in [3.63, 3.8) is 0 Å². The van der Waals surface area contributed by atoms with Crippen LogP contribution >= 0.6 is 22.6 Å². The van der Waals surface area contributed by atoms with E-state index in [9.17, 15) is 10.4 Å². The van der Waals surface area contributed by atoms with Gasteiger partial charge in [-0.2, -0.15) is 5.26 Å². The van der Waals surface area contributed by atoms with Gasteiger partial charge in [0.1, 0.15) is 5.60 Å². The van der Waals surface area contributed by atoms with Crippen molar-refractivity contribution in [2.75, 3.05) is 0 Å². The number of hydrogen-bond acceptors (Lipinski definition) is 2. The van der Waals surface area contributed by atoms with Gasteiger partial charge in [-0.3, -0.25) is 0 Å². The van der Waals surface area contributed by atoms with Crippen LogP contribution in [0.25, 0.3) is 0 Å². The molecule has 0 saturated heterocycles. The average molecular weight is 369 g/mol. The zero-order chi connectivity index (χ0) is 14.1. The fraction of sp³-hybridized carbons (Fsp3) is 0.562. The molecular weight excluding hydrogens is 349 g/mol. The van der Waals surface area contributed by atoms with Crippen LogP contribution in [0.3, 0.4) is 0 Å². The lowest BCUT2D eigenvalue weighted by Gasteiger charge is -2.38. The number of halogens is 1. The average Bonchev–Trinajstić information content (AvgIpc) is 2.84. The van der Waals surface area contributed by atoms with E-state index in [1.165, 1.54) is 0 Å². The molecule has 0 heterocycles. The molecule has 3 atom stereocenters. The Morgan fingerprint density at radius 2 is 2.11 bits per heavy atom. The van der Waals surface area contributed by atoms with E-state index in [-0.39, 0.29) is 0 Å². The number of hydrogen-bond donors (Lipinski definition) is 1. The predicted octanol–water partition coefficient (Wildman–Crippen LogP) is 4.22. The predicted molar refractivity (Wildman–Crippen MR) is 84.4 cm³/mol. The lowest BCUT2D eigenvalue weighted by Crippen LogP contribution is -2.41. The largest absolute Gasteiger partial charge is 0.384 e. The van der Waals surface area contributed by atoms with Gasteiger partial charge in [0.25, 0.3) is 0 Å². The quantitative estimate of drug-likeness (QED) is 0.811. The van der Waals surface area contributed by atoms with Gasteiger partial charge in [0.2, 0.25) is 0 Å². The third kappa shape index (κ3) is 2.53. The molecule has 1 aliphatic carbocycles. The molecule has 19 heavy (non-hydrogen) atoms. The molecule has 0 aliphatic heterocycles. The Labute approximate surface area is 129 Å². The summed E-state index contributed by atoms with van der Waals surface area (Å²) < 4.78 is 1.14. The van der Waals surface area contributed by atoms with Crippen molar-refractivity contribution in [2.45, 2.75) is 45.1 Å². The molecule has 1 fully saturated rings. The van der Waals surface area contributed by atoms with E-state index in [0.717, 1.165) is 34.8 Å². The van der Waals surface area contributed by atoms with Crippen molar-refractivity contribution in [1.29, 1.82) is 5.26 Å². The fourth-order valence-electron chi connectivity index (χ4n) is 3.20. The Morgan fingerprint density at radius 3 is 2.58 bits per heavy atom. The van der Waals surface area contributed by atoms with E-state index in [0.29, 0.717) is 5.92 Å². The molecule has 0 bridgehead atoms. The number of rotatable bonds is 3. The molecule has 1 saturated carbocycles. The Bertz CT molecular complexity index is 488. The number of aliphatic hydroxyl groups is 1. The Balaban J connectivity index is 2.37. The summed E-state index contributed by atoms with van der Waals surface area (Å²) in [4.78, 5) is 0. The minimum Gasteiger partial charge on any atom is -0.384 e. The van der Waals surface area contributed by atoms with Crippen molar-refractivity contribution in [2.24, 2.45) is 11.3 Å². The molecule has 1 aromatic rings. The van der Waals surface area contributed by atoms with Crippen LogP contribution in [0.4, 0.5) is 0 Å². The molecule has 2 nitrogen and oxygen atoms in total. The Kier molecular flexibility index (Phi) is 4.22. The maximum absolute atomic E-state index is 11.0. The van der Waals surface area contributed by atoms with Gasteiger partial charge in [-0.05, 0) is 72.4 Å². The molecule has 1 aromatic carbocycles. The molecular formula is C16H20INO. The van der Waals surface area contributed by atoms with Gasteiger partial charge in [-0.1, -0.05) is 25.5 Å². The number of nitriles is 1. The topological polar surface area (TPSA) is 44.0 Å². The first-order valence-corrected chi connectivity index (χ1v) is 7.93. The van der Waals surface area contributed by atoms with Crippen molar-refractivity contribution in [1.82, 2.24) is 0 Å². The first kappa shape index (κ1) is 14.8. The number of benzene rings is 1. The van der Waals surface area contributed by atoms with Crippen LogP contribution in [-0.4, -0.2) is 5.11 Å². The summed E-state index contributed by atoms with van der Waals surface area (Å²) in [5, 5.41) is 20.7. The highest BCUT2D eigenvalue weighted by Crippen LogP contribution is 2.53. The first-order chi connectivity index (χ1) is 8.95. The van der Waals surface area contributed by atoms with Gasteiger partial charge in [-0.25, -0.2) is 0 Å². The molecule has 2 rings (SSSR count). The monoisotopic (exact) mass is 369 g/mol. The highest BCUT2D eigenvalue weighted by molar-refractivity contribution is 14.1. The molecule has 102 valence electrons. The summed E-state index contributed by atoms with van der Waals surface area (Å²) in [7, 11) is 0. The van der Waals surface area contributed by atoms with E-state index >= 15 is 0 Å². The van der Waals surface area contributed by atoms with Crippen LogP contribution in [0.1, 0.15) is 45.1 Å². The Morgan fingerprint density at radius 1 is 1.47 bits per heavy atom. The second-order valence-corrected chi connectivity index (χ2v) is 7.04. The highest BCUT2D eigenvalue weighted by atomic mass is 127. The summed E-state index contributed by atoms with van der Waals surface area (Å²) in [5.41, 5.74) is -0.859. The van der Waals surface area contributed by atoms with Crippen molar-refractivity contribution < 1.29 is 5.11 Å². The van der Waals surface area contributed by atoms with Crippen molar-refractivity contribution >= 4 is 22.6 Å². The third-order valence-corrected chi connectivity index (χ3v) is 5.47. The SMILES string of the molecule is CCC1CCC(C#N)(C(C)(O)c2ccc(I)cc2)C1. The minimum absolute atomic E-state index is 0.565. The van der Waals surface area contributed by atoms with Gasteiger partial charge >= 0.3 is 0 Å². The van der Waals surface area contributed by atoms with Gasteiger partial charge in [-0.15, -0.1) is 0 Å². The second kappa shape index (κ2) is 5.41. The summed E-state index contributed by atoms with van der Waals surface area (Å²) in [6.45, 7) is 3.97. The maximum atomic E-state index is 11.0. The summed E-state index contributed by atoms with van der Waals surface area (Å²) >= 11 is 2.25. The highest BCUT2D eigenvalue weighted by Gasteiger charge is 2.52. The van der Waals surface area contributed by atoms with E-state index < -0.39 is 11.0 Å². The van der Waals surface area contributed by atoms with E-state index in [1.807, 2.05) is 24.3 Å². The van der Waals surface area contributed by atoms with Crippen LogP contribution in [-0.2, 0) is 5.60 Å². The Hall–Kier alpha value is -0.600. The smallest absolute Gasteiger partial charge is 0.105 e. The molecule has 1 aliphatic rings. The van der Waals surface area contributed by atoms with Crippen LogP contribution in [0.15, 0.2) is 24.3 Å². The first-order valence-electron chi connectivity index (χ1n) is 6.85. The van der Waals surface area contributed by atoms with Gasteiger partial charge in [0, 0.05) is 3.57 Å². The molecule has 1 N–H and O–H groups in total. The lowest BCUT2D eigenvalue weighted by atomic mass is 9.68. The molecule has 0 amide bonds. The van der Waals surface area contributed by atoms with Crippen LogP contribution < -0.4 is 0 Å². The van der Waals surface area contributed by atoms with Crippen molar-refractivity contribution in [3.05, 3.63) is 33.4 Å². The van der Waals surface area contributed by atoms with Crippen LogP contribution in [0.2, 0.25) is 0 Å². The van der Waals surface area contributed by atoms with E-state index in [2.05, 4.69) is 35.6 Å². The van der Waals surface area contributed by atoms with Gasteiger partial charge < -0.3 is 5.11 Å². The number of nitrogens with zero attached hydrogens (tertiary/aromatic N) is 1. The van der Waals surface area contributed by atoms with Gasteiger partial charge in [0.05, 0.1) is 11.5 Å². The van der Waals surface area contributed by atoms with E-state index in [4.69, 9.17) is 0 Å². The zero-order valence-electron chi connectivity index (χ0n) is 11.5. The molecule has 3 unspecified atom stereocenters.